The number of hydrogen-bond acceptors (Lipinski definition) is 3. The summed E-state index contributed by atoms with van der Waals surface area (Å²) in [6.07, 6.45) is 0.580. The molecular weight excluding hydrogens is 316 g/mol. The molecule has 4 heteroatoms. The number of carbonyl (C=O) groups excluding carboxylic acids is 1. The second kappa shape index (κ2) is 8.36. The number of hydrogen-bond donors (Lipinski definition) is 1. The van der Waals surface area contributed by atoms with Crippen LogP contribution in [0.15, 0.2) is 54.6 Å². The monoisotopic (exact) mass is 340 g/mol. The van der Waals surface area contributed by atoms with E-state index in [0.717, 1.165) is 18.1 Å². The average molecular weight is 340 g/mol. The van der Waals surface area contributed by atoms with E-state index in [2.05, 4.69) is 35.6 Å². The summed E-state index contributed by atoms with van der Waals surface area (Å²) < 4.78 is 0. The molecule has 0 aromatic heterocycles. The first-order chi connectivity index (χ1) is 11.7. The highest BCUT2D eigenvalue weighted by molar-refractivity contribution is 7.99. The Morgan fingerprint density at radius 2 is 1.92 bits per heavy atom. The van der Waals surface area contributed by atoms with E-state index >= 15 is 0 Å². The highest BCUT2D eigenvalue weighted by Gasteiger charge is 2.19. The Morgan fingerprint density at radius 1 is 1.17 bits per heavy atom. The van der Waals surface area contributed by atoms with Crippen LogP contribution in [-0.2, 0) is 11.3 Å². The minimum absolute atomic E-state index is 0.206. The lowest BCUT2D eigenvalue weighted by atomic mass is 9.99. The molecule has 1 amide bonds. The van der Waals surface area contributed by atoms with E-state index in [1.54, 1.807) is 0 Å². The number of rotatable bonds is 5. The third kappa shape index (κ3) is 4.40. The standard InChI is InChI=1S/C20H24N2OS/c1-22(20(23)13-18-15-24-12-11-21-18)14-17-9-5-6-10-19(17)16-7-3-2-4-8-16/h2-10,18,21H,11-15H2,1H3. The number of nitrogens with one attached hydrogen (secondary N) is 1. The number of carbonyl (C=O) groups is 1. The van der Waals surface area contributed by atoms with Crippen LogP contribution in [0.2, 0.25) is 0 Å². The summed E-state index contributed by atoms with van der Waals surface area (Å²) in [5.41, 5.74) is 3.58. The molecule has 1 saturated heterocycles. The zero-order valence-electron chi connectivity index (χ0n) is 14.1. The van der Waals surface area contributed by atoms with E-state index in [0.29, 0.717) is 19.0 Å². The van der Waals surface area contributed by atoms with Gasteiger partial charge in [-0.1, -0.05) is 54.6 Å². The summed E-state index contributed by atoms with van der Waals surface area (Å²) in [5, 5.41) is 3.44. The van der Waals surface area contributed by atoms with Gasteiger partial charge in [-0.15, -0.1) is 0 Å². The maximum Gasteiger partial charge on any atom is 0.224 e. The van der Waals surface area contributed by atoms with Gasteiger partial charge >= 0.3 is 0 Å². The molecule has 0 spiro atoms. The maximum absolute atomic E-state index is 12.5. The third-order valence-corrected chi connectivity index (χ3v) is 5.49. The summed E-state index contributed by atoms with van der Waals surface area (Å²) in [7, 11) is 1.90. The smallest absolute Gasteiger partial charge is 0.224 e. The molecule has 1 unspecified atom stereocenters. The Labute approximate surface area is 148 Å². The van der Waals surface area contributed by atoms with Gasteiger partial charge in [-0.3, -0.25) is 4.79 Å². The van der Waals surface area contributed by atoms with Gasteiger partial charge < -0.3 is 10.2 Å². The fourth-order valence-electron chi connectivity index (χ4n) is 3.02. The molecule has 1 atom stereocenters. The first kappa shape index (κ1) is 17.1. The van der Waals surface area contributed by atoms with Crippen molar-refractivity contribution in [3.63, 3.8) is 0 Å². The van der Waals surface area contributed by atoms with E-state index in [4.69, 9.17) is 0 Å². The number of amides is 1. The Morgan fingerprint density at radius 3 is 2.67 bits per heavy atom. The first-order valence-corrected chi connectivity index (χ1v) is 9.58. The molecular formula is C20H24N2OS. The van der Waals surface area contributed by atoms with Crippen molar-refractivity contribution in [1.29, 1.82) is 0 Å². The molecule has 1 aliphatic rings. The number of thioether (sulfide) groups is 1. The number of nitrogens with zero attached hydrogens (tertiary/aromatic N) is 1. The van der Waals surface area contributed by atoms with Crippen LogP contribution < -0.4 is 5.32 Å². The van der Waals surface area contributed by atoms with E-state index in [1.165, 1.54) is 16.7 Å². The highest BCUT2D eigenvalue weighted by Crippen LogP contribution is 2.24. The Kier molecular flexibility index (Phi) is 5.94. The lowest BCUT2D eigenvalue weighted by Gasteiger charge is -2.26. The van der Waals surface area contributed by atoms with Gasteiger partial charge in [0.15, 0.2) is 0 Å². The Bertz CT molecular complexity index is 668. The minimum atomic E-state index is 0.206. The van der Waals surface area contributed by atoms with Crippen LogP contribution in [0.25, 0.3) is 11.1 Å². The molecule has 3 rings (SSSR count). The Balaban J connectivity index is 1.68. The molecule has 1 heterocycles. The zero-order chi connectivity index (χ0) is 16.8. The van der Waals surface area contributed by atoms with Gasteiger partial charge in [-0.05, 0) is 16.7 Å². The molecule has 0 aliphatic carbocycles. The minimum Gasteiger partial charge on any atom is -0.341 e. The van der Waals surface area contributed by atoms with Gasteiger partial charge in [0.2, 0.25) is 5.91 Å². The van der Waals surface area contributed by atoms with Crippen LogP contribution in [0.4, 0.5) is 0 Å². The van der Waals surface area contributed by atoms with Crippen molar-refractivity contribution < 1.29 is 4.79 Å². The van der Waals surface area contributed by atoms with Gasteiger partial charge in [-0.25, -0.2) is 0 Å². The summed E-state index contributed by atoms with van der Waals surface area (Å²) in [5.74, 6) is 2.38. The molecule has 0 radical (unpaired) electrons. The van der Waals surface area contributed by atoms with Crippen molar-refractivity contribution in [2.24, 2.45) is 0 Å². The van der Waals surface area contributed by atoms with E-state index < -0.39 is 0 Å². The molecule has 1 aliphatic heterocycles. The van der Waals surface area contributed by atoms with Crippen molar-refractivity contribution in [2.45, 2.75) is 19.0 Å². The number of benzene rings is 2. The maximum atomic E-state index is 12.5. The quantitative estimate of drug-likeness (QED) is 0.905. The predicted octanol–water partition coefficient (Wildman–Crippen LogP) is 3.41. The van der Waals surface area contributed by atoms with Crippen LogP contribution in [0.3, 0.4) is 0 Å². The van der Waals surface area contributed by atoms with Gasteiger partial charge in [-0.2, -0.15) is 11.8 Å². The molecule has 126 valence electrons. The lowest BCUT2D eigenvalue weighted by Crippen LogP contribution is -2.41. The van der Waals surface area contributed by atoms with Gasteiger partial charge in [0.05, 0.1) is 0 Å². The van der Waals surface area contributed by atoms with E-state index in [9.17, 15) is 4.79 Å². The van der Waals surface area contributed by atoms with Crippen LogP contribution in [0.1, 0.15) is 12.0 Å². The first-order valence-electron chi connectivity index (χ1n) is 8.42. The van der Waals surface area contributed by atoms with Crippen LogP contribution in [0.5, 0.6) is 0 Å². The summed E-state index contributed by atoms with van der Waals surface area (Å²) in [4.78, 5) is 14.4. The van der Waals surface area contributed by atoms with E-state index in [1.807, 2.05) is 48.0 Å². The van der Waals surface area contributed by atoms with Gasteiger partial charge in [0.1, 0.15) is 0 Å². The molecule has 2 aromatic carbocycles. The van der Waals surface area contributed by atoms with Crippen LogP contribution >= 0.6 is 11.8 Å². The molecule has 2 aromatic rings. The van der Waals surface area contributed by atoms with Gasteiger partial charge in [0, 0.05) is 44.1 Å². The molecule has 3 nitrogen and oxygen atoms in total. The molecule has 0 saturated carbocycles. The topological polar surface area (TPSA) is 32.3 Å². The fraction of sp³-hybridized carbons (Fsp3) is 0.350. The Hall–Kier alpha value is -1.78. The van der Waals surface area contributed by atoms with E-state index in [-0.39, 0.29) is 5.91 Å². The second-order valence-corrected chi connectivity index (χ2v) is 7.35. The van der Waals surface area contributed by atoms with Crippen LogP contribution in [0, 0.1) is 0 Å². The predicted molar refractivity (Wildman–Crippen MR) is 102 cm³/mol. The normalized spacial score (nSPS) is 17.5. The summed E-state index contributed by atoms with van der Waals surface area (Å²) in [6.45, 7) is 1.65. The second-order valence-electron chi connectivity index (χ2n) is 6.20. The summed E-state index contributed by atoms with van der Waals surface area (Å²) in [6, 6.07) is 19.0. The SMILES string of the molecule is CN(Cc1ccccc1-c1ccccc1)C(=O)CC1CSCCN1. The average Bonchev–Trinajstić information content (AvgIpc) is 2.63. The van der Waals surface area contributed by atoms with Crippen molar-refractivity contribution in [1.82, 2.24) is 10.2 Å². The van der Waals surface area contributed by atoms with Crippen molar-refractivity contribution >= 4 is 17.7 Å². The zero-order valence-corrected chi connectivity index (χ0v) is 14.9. The molecule has 1 N–H and O–H groups in total. The third-order valence-electron chi connectivity index (χ3n) is 4.35. The molecule has 0 bridgehead atoms. The molecule has 1 fully saturated rings. The fourth-order valence-corrected chi connectivity index (χ4v) is 3.97. The molecule has 24 heavy (non-hydrogen) atoms. The van der Waals surface area contributed by atoms with Crippen molar-refractivity contribution in [3.05, 3.63) is 60.2 Å². The van der Waals surface area contributed by atoms with Crippen LogP contribution in [-0.4, -0.2) is 41.9 Å². The van der Waals surface area contributed by atoms with Crippen molar-refractivity contribution in [2.75, 3.05) is 25.1 Å². The highest BCUT2D eigenvalue weighted by atomic mass is 32.2. The van der Waals surface area contributed by atoms with Crippen molar-refractivity contribution in [3.8, 4) is 11.1 Å². The summed E-state index contributed by atoms with van der Waals surface area (Å²) >= 11 is 1.93. The lowest BCUT2D eigenvalue weighted by molar-refractivity contribution is -0.130. The van der Waals surface area contributed by atoms with Gasteiger partial charge in [0.25, 0.3) is 0 Å². The largest absolute Gasteiger partial charge is 0.341 e.